The number of carbonyl (C=O) groups is 3. The molecule has 0 saturated carbocycles. The fourth-order valence-corrected chi connectivity index (χ4v) is 1.58. The molecule has 0 aromatic carbocycles. The van der Waals surface area contributed by atoms with Crippen LogP contribution in [0.5, 0.6) is 0 Å². The van der Waals surface area contributed by atoms with Gasteiger partial charge in [-0.1, -0.05) is 0 Å². The van der Waals surface area contributed by atoms with Crippen LogP contribution in [-0.4, -0.2) is 65.5 Å². The number of likely N-dealkylation sites (N-methyl/N-ethyl adjacent to an activating group) is 1. The Balaban J connectivity index is 4.76. The molecule has 110 valence electrons. The van der Waals surface area contributed by atoms with Crippen LogP contribution < -0.4 is 5.32 Å². The van der Waals surface area contributed by atoms with E-state index >= 15 is 0 Å². The van der Waals surface area contributed by atoms with Crippen LogP contribution in [0.15, 0.2) is 0 Å². The lowest BCUT2D eigenvalue weighted by molar-refractivity contribution is -0.147. The molecular weight excluding hydrogens is 250 g/mol. The second-order valence-corrected chi connectivity index (χ2v) is 4.74. The number of hydrogen-bond acceptors (Lipinski definition) is 3. The number of hydrogen-bond donors (Lipinski definition) is 2. The summed E-state index contributed by atoms with van der Waals surface area (Å²) in [5.74, 6) is -1.23. The average Bonchev–Trinajstić information content (AvgIpc) is 2.35. The van der Waals surface area contributed by atoms with Gasteiger partial charge in [-0.25, -0.2) is 9.59 Å². The Morgan fingerprint density at radius 2 is 1.79 bits per heavy atom. The Kier molecular flexibility index (Phi) is 6.31. The zero-order chi connectivity index (χ0) is 15.2. The van der Waals surface area contributed by atoms with E-state index in [1.807, 2.05) is 0 Å². The predicted molar refractivity (Wildman–Crippen MR) is 70.8 cm³/mol. The molecule has 0 aromatic rings. The predicted octanol–water partition coefficient (Wildman–Crippen LogP) is 0.359. The Morgan fingerprint density at radius 3 is 2.16 bits per heavy atom. The van der Waals surface area contributed by atoms with Gasteiger partial charge in [-0.2, -0.15) is 0 Å². The summed E-state index contributed by atoms with van der Waals surface area (Å²) in [6.45, 7) is 5.19. The number of carbonyl (C=O) groups excluding carboxylic acids is 2. The van der Waals surface area contributed by atoms with Crippen LogP contribution in [0.3, 0.4) is 0 Å². The van der Waals surface area contributed by atoms with Crippen molar-refractivity contribution < 1.29 is 19.5 Å². The molecule has 7 nitrogen and oxygen atoms in total. The zero-order valence-corrected chi connectivity index (χ0v) is 12.2. The first kappa shape index (κ1) is 17.2. The quantitative estimate of drug-likeness (QED) is 0.731. The molecule has 0 rings (SSSR count). The minimum absolute atomic E-state index is 0.166. The summed E-state index contributed by atoms with van der Waals surface area (Å²) in [6, 6.07) is -0.404. The van der Waals surface area contributed by atoms with Gasteiger partial charge >= 0.3 is 12.0 Å². The standard InChI is InChI=1S/C12H23N3O4/c1-6-15(12(2,3)10(17)18)11(19)14(5)8-7-9(16)13-4/h6-8H2,1-5H3,(H,13,16)(H,17,18). The number of carboxylic acid groups (broad SMARTS) is 1. The lowest BCUT2D eigenvalue weighted by Gasteiger charge is -2.36. The molecule has 0 spiro atoms. The van der Waals surface area contributed by atoms with E-state index in [1.54, 1.807) is 14.0 Å². The third-order valence-corrected chi connectivity index (χ3v) is 3.02. The first-order valence-electron chi connectivity index (χ1n) is 6.15. The Bertz CT molecular complexity index is 355. The minimum Gasteiger partial charge on any atom is -0.480 e. The number of aliphatic carboxylic acids is 1. The van der Waals surface area contributed by atoms with E-state index < -0.39 is 17.5 Å². The second-order valence-electron chi connectivity index (χ2n) is 4.74. The molecule has 0 radical (unpaired) electrons. The van der Waals surface area contributed by atoms with Crippen LogP contribution in [-0.2, 0) is 9.59 Å². The average molecular weight is 273 g/mol. The molecule has 3 amide bonds. The summed E-state index contributed by atoms with van der Waals surface area (Å²) < 4.78 is 0. The van der Waals surface area contributed by atoms with Crippen molar-refractivity contribution in [1.82, 2.24) is 15.1 Å². The zero-order valence-electron chi connectivity index (χ0n) is 12.2. The van der Waals surface area contributed by atoms with Gasteiger partial charge in [0.1, 0.15) is 5.54 Å². The number of nitrogens with one attached hydrogen (secondary N) is 1. The first-order chi connectivity index (χ1) is 8.68. The van der Waals surface area contributed by atoms with Crippen molar-refractivity contribution in [1.29, 1.82) is 0 Å². The highest BCUT2D eigenvalue weighted by Crippen LogP contribution is 2.16. The number of carboxylic acids is 1. The maximum Gasteiger partial charge on any atom is 0.329 e. The second kappa shape index (κ2) is 6.96. The molecule has 0 bridgehead atoms. The largest absolute Gasteiger partial charge is 0.480 e. The number of urea groups is 1. The molecular formula is C12H23N3O4. The molecule has 0 aliphatic rings. The monoisotopic (exact) mass is 273 g/mol. The molecule has 7 heteroatoms. The van der Waals surface area contributed by atoms with Gasteiger partial charge in [0, 0.05) is 33.6 Å². The maximum absolute atomic E-state index is 12.2. The third-order valence-electron chi connectivity index (χ3n) is 3.02. The van der Waals surface area contributed by atoms with Crippen molar-refractivity contribution in [3.63, 3.8) is 0 Å². The van der Waals surface area contributed by atoms with E-state index in [2.05, 4.69) is 5.32 Å². The van der Waals surface area contributed by atoms with E-state index in [4.69, 9.17) is 5.11 Å². The van der Waals surface area contributed by atoms with Crippen molar-refractivity contribution in [3.8, 4) is 0 Å². The summed E-state index contributed by atoms with van der Waals surface area (Å²) in [6.07, 6.45) is 0.184. The van der Waals surface area contributed by atoms with E-state index in [9.17, 15) is 14.4 Å². The molecule has 0 fully saturated rings. The van der Waals surface area contributed by atoms with Gasteiger partial charge in [-0.05, 0) is 20.8 Å². The lowest BCUT2D eigenvalue weighted by Crippen LogP contribution is -2.56. The summed E-state index contributed by atoms with van der Waals surface area (Å²) in [7, 11) is 3.07. The van der Waals surface area contributed by atoms with Crippen LogP contribution in [0.1, 0.15) is 27.2 Å². The van der Waals surface area contributed by atoms with Crippen molar-refractivity contribution in [2.24, 2.45) is 0 Å². The fourth-order valence-electron chi connectivity index (χ4n) is 1.58. The van der Waals surface area contributed by atoms with E-state index in [-0.39, 0.29) is 25.4 Å². The highest BCUT2D eigenvalue weighted by atomic mass is 16.4. The molecule has 0 unspecified atom stereocenters. The highest BCUT2D eigenvalue weighted by Gasteiger charge is 2.38. The smallest absolute Gasteiger partial charge is 0.329 e. The Morgan fingerprint density at radius 1 is 1.26 bits per heavy atom. The number of amides is 3. The van der Waals surface area contributed by atoms with E-state index in [1.165, 1.54) is 30.7 Å². The molecule has 0 aliphatic heterocycles. The van der Waals surface area contributed by atoms with Crippen LogP contribution in [0.2, 0.25) is 0 Å². The summed E-state index contributed by atoms with van der Waals surface area (Å²) in [5, 5.41) is 11.6. The van der Waals surface area contributed by atoms with Crippen LogP contribution in [0, 0.1) is 0 Å². The van der Waals surface area contributed by atoms with Gasteiger partial charge in [0.15, 0.2) is 0 Å². The molecule has 0 aromatic heterocycles. The van der Waals surface area contributed by atoms with Crippen molar-refractivity contribution in [3.05, 3.63) is 0 Å². The van der Waals surface area contributed by atoms with Crippen LogP contribution in [0.25, 0.3) is 0 Å². The summed E-state index contributed by atoms with van der Waals surface area (Å²) in [4.78, 5) is 37.1. The normalized spacial score (nSPS) is 10.8. The molecule has 2 N–H and O–H groups in total. The summed E-state index contributed by atoms with van der Waals surface area (Å²) >= 11 is 0. The van der Waals surface area contributed by atoms with Crippen molar-refractivity contribution >= 4 is 17.9 Å². The first-order valence-corrected chi connectivity index (χ1v) is 6.15. The maximum atomic E-state index is 12.2. The van der Waals surface area contributed by atoms with Gasteiger partial charge in [-0.15, -0.1) is 0 Å². The minimum atomic E-state index is -1.28. The van der Waals surface area contributed by atoms with Gasteiger partial charge in [0.05, 0.1) is 0 Å². The van der Waals surface area contributed by atoms with Gasteiger partial charge in [-0.3, -0.25) is 4.79 Å². The molecule has 19 heavy (non-hydrogen) atoms. The van der Waals surface area contributed by atoms with E-state index in [0.717, 1.165) is 0 Å². The Hall–Kier alpha value is -1.79. The highest BCUT2D eigenvalue weighted by molar-refractivity contribution is 5.85. The molecule has 0 atom stereocenters. The summed E-state index contributed by atoms with van der Waals surface area (Å²) in [5.41, 5.74) is -1.28. The van der Waals surface area contributed by atoms with Gasteiger partial charge in [0.2, 0.25) is 5.91 Å². The SMILES string of the molecule is CCN(C(=O)N(C)CCC(=O)NC)C(C)(C)C(=O)O. The van der Waals surface area contributed by atoms with Crippen LogP contribution >= 0.6 is 0 Å². The fraction of sp³-hybridized carbons (Fsp3) is 0.750. The molecule has 0 heterocycles. The van der Waals surface area contributed by atoms with E-state index in [0.29, 0.717) is 0 Å². The topological polar surface area (TPSA) is 90.0 Å². The van der Waals surface area contributed by atoms with Gasteiger partial charge < -0.3 is 20.2 Å². The number of rotatable bonds is 6. The van der Waals surface area contributed by atoms with Crippen molar-refractivity contribution in [2.45, 2.75) is 32.7 Å². The lowest BCUT2D eigenvalue weighted by atomic mass is 10.0. The Labute approximate surface area is 113 Å². The van der Waals surface area contributed by atoms with Crippen LogP contribution in [0.4, 0.5) is 4.79 Å². The molecule has 0 aliphatic carbocycles. The molecule has 0 saturated heterocycles. The van der Waals surface area contributed by atoms with Gasteiger partial charge in [0.25, 0.3) is 0 Å². The number of nitrogens with zero attached hydrogens (tertiary/aromatic N) is 2. The third kappa shape index (κ3) is 4.42. The van der Waals surface area contributed by atoms with Crippen molar-refractivity contribution in [2.75, 3.05) is 27.2 Å².